The molecular formula is C36H46O7. The Kier molecular flexibility index (Phi) is 16.2. The Morgan fingerprint density at radius 2 is 1.21 bits per heavy atom. The molecule has 2 bridgehead atoms. The smallest absolute Gasteiger partial charge is 0.330 e. The maximum absolute atomic E-state index is 11.0. The topological polar surface area (TPSA) is 88.1 Å². The number of ether oxygens (including phenoxy) is 4. The Hall–Kier alpha value is -4.13. The fourth-order valence-corrected chi connectivity index (χ4v) is 5.96. The summed E-state index contributed by atoms with van der Waals surface area (Å²) in [4.78, 5) is 31.1. The minimum Gasteiger partial charge on any atom is -0.463 e. The number of carbonyl (C=O) groups is 3. The lowest BCUT2D eigenvalue weighted by atomic mass is 9.82. The van der Waals surface area contributed by atoms with Crippen molar-refractivity contribution in [2.75, 3.05) is 13.2 Å². The molecule has 5 rings (SSSR count). The molecule has 4 atom stereocenters. The Morgan fingerprint density at radius 3 is 1.70 bits per heavy atom. The van der Waals surface area contributed by atoms with Crippen molar-refractivity contribution in [3.63, 3.8) is 0 Å². The van der Waals surface area contributed by atoms with E-state index in [1.54, 1.807) is 52.4 Å². The summed E-state index contributed by atoms with van der Waals surface area (Å²) in [5.41, 5.74) is 0.864. The van der Waals surface area contributed by atoms with E-state index in [0.717, 1.165) is 29.5 Å². The van der Waals surface area contributed by atoms with E-state index in [1.807, 2.05) is 54.6 Å². The lowest BCUT2D eigenvalue weighted by Gasteiger charge is -2.23. The number of hydrogen-bond donors (Lipinski definition) is 0. The molecule has 232 valence electrons. The van der Waals surface area contributed by atoms with Crippen LogP contribution in [0.2, 0.25) is 0 Å². The Labute approximate surface area is 256 Å². The molecule has 0 amide bonds. The molecule has 3 aliphatic carbocycles. The zero-order chi connectivity index (χ0) is 31.5. The third-order valence-electron chi connectivity index (χ3n) is 7.68. The van der Waals surface area contributed by atoms with Crippen LogP contribution in [0.4, 0.5) is 0 Å². The standard InChI is InChI=1S/C16H14O3.C10H16.2C5H8O2/c1-2-16(17)18-12-13-7-6-10-15(11-13)19-14-8-4-3-5-9-14;1-2-9-7-4-5-8(6-7)10(9)3-1;2*1-3-5(6)7-4-2/h2-11H,1,12H2;7-10H,1-6H2;2*3H,1,4H2,2H3. The summed E-state index contributed by atoms with van der Waals surface area (Å²) >= 11 is 0. The van der Waals surface area contributed by atoms with E-state index in [9.17, 15) is 14.4 Å². The minimum atomic E-state index is -0.436. The first-order chi connectivity index (χ1) is 20.8. The predicted octanol–water partition coefficient (Wildman–Crippen LogP) is 8.01. The maximum Gasteiger partial charge on any atom is 0.330 e. The predicted molar refractivity (Wildman–Crippen MR) is 168 cm³/mol. The lowest BCUT2D eigenvalue weighted by molar-refractivity contribution is -0.139. The summed E-state index contributed by atoms with van der Waals surface area (Å²) in [6.45, 7) is 14.3. The molecule has 4 unspecified atom stereocenters. The summed E-state index contributed by atoms with van der Waals surface area (Å²) in [5, 5.41) is 0. The maximum atomic E-state index is 11.0. The van der Waals surface area contributed by atoms with E-state index in [2.05, 4.69) is 29.2 Å². The average Bonchev–Trinajstić information content (AvgIpc) is 3.79. The average molecular weight is 591 g/mol. The van der Waals surface area contributed by atoms with E-state index in [0.29, 0.717) is 19.0 Å². The second kappa shape index (κ2) is 19.9. The van der Waals surface area contributed by atoms with Gasteiger partial charge >= 0.3 is 17.9 Å². The van der Waals surface area contributed by atoms with Gasteiger partial charge in [0.1, 0.15) is 18.1 Å². The van der Waals surface area contributed by atoms with Crippen molar-refractivity contribution >= 4 is 17.9 Å². The molecule has 0 spiro atoms. The second-order valence-electron chi connectivity index (χ2n) is 10.4. The van der Waals surface area contributed by atoms with E-state index < -0.39 is 5.97 Å². The zero-order valence-corrected chi connectivity index (χ0v) is 25.6. The van der Waals surface area contributed by atoms with Crippen LogP contribution in [0.15, 0.2) is 92.6 Å². The highest BCUT2D eigenvalue weighted by atomic mass is 16.5. The quantitative estimate of drug-likeness (QED) is 0.166. The SMILES string of the molecule is C1CC2C3CCC(C3)C2C1.C=CC(=O)OCC.C=CC(=O)OCC.C=CC(=O)OCc1cccc(Oc2ccccc2)c1. The summed E-state index contributed by atoms with van der Waals surface area (Å²) < 4.78 is 19.5. The highest BCUT2D eigenvalue weighted by molar-refractivity contribution is 5.81. The molecule has 0 saturated heterocycles. The summed E-state index contributed by atoms with van der Waals surface area (Å²) in [7, 11) is 0. The number of carbonyl (C=O) groups excluding carboxylic acids is 3. The van der Waals surface area contributed by atoms with Crippen LogP contribution in [-0.2, 0) is 35.2 Å². The Morgan fingerprint density at radius 1 is 0.698 bits per heavy atom. The van der Waals surface area contributed by atoms with Crippen molar-refractivity contribution in [3.05, 3.63) is 98.1 Å². The van der Waals surface area contributed by atoms with Crippen LogP contribution in [0, 0.1) is 23.7 Å². The summed E-state index contributed by atoms with van der Waals surface area (Å²) in [5.74, 6) is 5.12. The van der Waals surface area contributed by atoms with E-state index in [1.165, 1.54) is 23.7 Å². The van der Waals surface area contributed by atoms with Crippen LogP contribution >= 0.6 is 0 Å². The molecule has 0 aromatic heterocycles. The molecule has 0 radical (unpaired) electrons. The van der Waals surface area contributed by atoms with Crippen molar-refractivity contribution in [1.82, 2.24) is 0 Å². The Balaban J connectivity index is 0.000000224. The van der Waals surface area contributed by atoms with Gasteiger partial charge in [-0.05, 0) is 99.5 Å². The first-order valence-electron chi connectivity index (χ1n) is 15.0. The number of fused-ring (bicyclic) bond motifs is 5. The molecule has 7 heteroatoms. The van der Waals surface area contributed by atoms with Gasteiger partial charge in [-0.2, -0.15) is 0 Å². The summed E-state index contributed by atoms with van der Waals surface area (Å²) in [6.07, 6.45) is 13.0. The van der Waals surface area contributed by atoms with Gasteiger partial charge in [0.25, 0.3) is 0 Å². The number of para-hydroxylation sites is 1. The van der Waals surface area contributed by atoms with Gasteiger partial charge in [0.05, 0.1) is 13.2 Å². The number of benzene rings is 2. The van der Waals surface area contributed by atoms with Crippen molar-refractivity contribution in [3.8, 4) is 11.5 Å². The van der Waals surface area contributed by atoms with Gasteiger partial charge in [-0.1, -0.05) is 56.5 Å². The lowest BCUT2D eigenvalue weighted by Crippen LogP contribution is -2.15. The van der Waals surface area contributed by atoms with Crippen molar-refractivity contribution in [1.29, 1.82) is 0 Å². The molecule has 3 aliphatic rings. The minimum absolute atomic E-state index is 0.205. The molecule has 43 heavy (non-hydrogen) atoms. The largest absolute Gasteiger partial charge is 0.463 e. The van der Waals surface area contributed by atoms with Gasteiger partial charge in [0.15, 0.2) is 0 Å². The van der Waals surface area contributed by atoms with Crippen LogP contribution in [-0.4, -0.2) is 31.1 Å². The fraction of sp³-hybridized carbons (Fsp3) is 0.417. The number of rotatable bonds is 9. The molecular weight excluding hydrogens is 544 g/mol. The fourth-order valence-electron chi connectivity index (χ4n) is 5.96. The molecule has 0 aliphatic heterocycles. The van der Waals surface area contributed by atoms with Gasteiger partial charge in [0.2, 0.25) is 0 Å². The monoisotopic (exact) mass is 590 g/mol. The van der Waals surface area contributed by atoms with Crippen molar-refractivity contribution in [2.24, 2.45) is 23.7 Å². The van der Waals surface area contributed by atoms with Gasteiger partial charge in [-0.15, -0.1) is 0 Å². The molecule has 2 aromatic carbocycles. The number of hydrogen-bond acceptors (Lipinski definition) is 7. The molecule has 0 heterocycles. The van der Waals surface area contributed by atoms with E-state index >= 15 is 0 Å². The third-order valence-corrected chi connectivity index (χ3v) is 7.68. The van der Waals surface area contributed by atoms with Gasteiger partial charge < -0.3 is 18.9 Å². The Bertz CT molecular complexity index is 1140. The first kappa shape index (κ1) is 35.1. The molecule has 3 saturated carbocycles. The van der Waals surface area contributed by atoms with E-state index in [-0.39, 0.29) is 18.5 Å². The van der Waals surface area contributed by atoms with Crippen LogP contribution in [0.25, 0.3) is 0 Å². The highest BCUT2D eigenvalue weighted by Crippen LogP contribution is 2.58. The number of esters is 3. The molecule has 0 N–H and O–H groups in total. The van der Waals surface area contributed by atoms with Crippen LogP contribution in [0.5, 0.6) is 11.5 Å². The molecule has 7 nitrogen and oxygen atoms in total. The highest BCUT2D eigenvalue weighted by Gasteiger charge is 2.48. The van der Waals surface area contributed by atoms with Crippen molar-refractivity contribution in [2.45, 2.75) is 59.0 Å². The molecule has 3 fully saturated rings. The van der Waals surface area contributed by atoms with Crippen LogP contribution < -0.4 is 4.74 Å². The van der Waals surface area contributed by atoms with Gasteiger partial charge in [-0.25, -0.2) is 14.4 Å². The molecule has 2 aromatic rings. The van der Waals surface area contributed by atoms with E-state index in [4.69, 9.17) is 9.47 Å². The van der Waals surface area contributed by atoms with Crippen molar-refractivity contribution < 1.29 is 33.3 Å². The van der Waals surface area contributed by atoms with Gasteiger partial charge in [-0.3, -0.25) is 0 Å². The van der Waals surface area contributed by atoms with Gasteiger partial charge in [0, 0.05) is 18.2 Å². The summed E-state index contributed by atoms with van der Waals surface area (Å²) in [6, 6.07) is 16.9. The first-order valence-corrected chi connectivity index (χ1v) is 15.0. The normalized spacial score (nSPS) is 20.1. The zero-order valence-electron chi connectivity index (χ0n) is 25.6. The van der Waals surface area contributed by atoms with Crippen LogP contribution in [0.3, 0.4) is 0 Å². The van der Waals surface area contributed by atoms with Crippen LogP contribution in [0.1, 0.15) is 57.9 Å². The second-order valence-corrected chi connectivity index (χ2v) is 10.4. The third kappa shape index (κ3) is 12.7.